The summed E-state index contributed by atoms with van der Waals surface area (Å²) >= 11 is 0. The first kappa shape index (κ1) is 17.9. The van der Waals surface area contributed by atoms with Gasteiger partial charge in [-0.2, -0.15) is 5.10 Å². The highest BCUT2D eigenvalue weighted by Crippen LogP contribution is 2.46. The van der Waals surface area contributed by atoms with Gasteiger partial charge >= 0.3 is 0 Å². The molecule has 3 aliphatic rings. The number of aliphatic hydroxyl groups excluding tert-OH is 1. The lowest BCUT2D eigenvalue weighted by Crippen LogP contribution is -2.45. The van der Waals surface area contributed by atoms with Crippen LogP contribution in [0.1, 0.15) is 38.2 Å². The predicted octanol–water partition coefficient (Wildman–Crippen LogP) is 2.06. The Morgan fingerprint density at radius 2 is 2.14 bits per heavy atom. The van der Waals surface area contributed by atoms with E-state index in [2.05, 4.69) is 28.9 Å². The molecular formula is C20H27N5O3. The second-order valence-corrected chi connectivity index (χ2v) is 8.06. The topological polar surface area (TPSA) is 93.5 Å². The van der Waals surface area contributed by atoms with Gasteiger partial charge in [-0.15, -0.1) is 0 Å². The molecule has 3 N–H and O–H groups in total. The van der Waals surface area contributed by atoms with E-state index in [9.17, 15) is 5.11 Å². The van der Waals surface area contributed by atoms with Crippen LogP contribution in [0.15, 0.2) is 18.5 Å². The van der Waals surface area contributed by atoms with E-state index in [0.717, 1.165) is 73.4 Å². The van der Waals surface area contributed by atoms with Crippen molar-refractivity contribution in [3.63, 3.8) is 0 Å². The zero-order valence-electron chi connectivity index (χ0n) is 16.1. The molecule has 1 aliphatic carbocycles. The molecule has 150 valence electrons. The molecule has 28 heavy (non-hydrogen) atoms. The van der Waals surface area contributed by atoms with Crippen molar-refractivity contribution in [2.75, 3.05) is 25.1 Å². The summed E-state index contributed by atoms with van der Waals surface area (Å²) in [7, 11) is 0. The Morgan fingerprint density at radius 1 is 1.32 bits per heavy atom. The molecule has 0 unspecified atom stereocenters. The summed E-state index contributed by atoms with van der Waals surface area (Å²) in [5.41, 5.74) is 6.69. The van der Waals surface area contributed by atoms with Gasteiger partial charge in [0.2, 0.25) is 0 Å². The van der Waals surface area contributed by atoms with Crippen LogP contribution < -0.4 is 10.8 Å². The standard InChI is InChI=1S/C20H27N5O3/c1-2-25-19-16(11-22-25)18(23-14-3-5-27-6-4-14)15(10-21-19)17-9-20(28-24-17)7-13(8-20)12-26/h9-11,13-14,24,26H,2-8,12H2,1H3,(H,21,23). The SMILES string of the molecule is CCn1ncc2c(NC3CCOCC3)c(C3=CC4(CC(CO)C4)ON3)cnc21. The highest BCUT2D eigenvalue weighted by atomic mass is 16.7. The fraction of sp³-hybridized carbons (Fsp3) is 0.600. The molecule has 8 heteroatoms. The van der Waals surface area contributed by atoms with Gasteiger partial charge in [0.05, 0.1) is 23.0 Å². The Labute approximate surface area is 163 Å². The van der Waals surface area contributed by atoms with Crippen molar-refractivity contribution in [3.05, 3.63) is 24.0 Å². The third-order valence-corrected chi connectivity index (χ3v) is 6.12. The highest BCUT2D eigenvalue weighted by molar-refractivity contribution is 5.95. The van der Waals surface area contributed by atoms with Gasteiger partial charge in [0, 0.05) is 44.2 Å². The van der Waals surface area contributed by atoms with Gasteiger partial charge in [0.25, 0.3) is 0 Å². The number of aliphatic hydroxyl groups is 1. The molecule has 0 bridgehead atoms. The molecule has 0 radical (unpaired) electrons. The molecule has 1 spiro atoms. The van der Waals surface area contributed by atoms with Crippen LogP contribution in [0.25, 0.3) is 16.7 Å². The van der Waals surface area contributed by atoms with Gasteiger partial charge in [-0.25, -0.2) is 9.67 Å². The molecule has 0 atom stereocenters. The summed E-state index contributed by atoms with van der Waals surface area (Å²) in [4.78, 5) is 10.6. The molecule has 5 rings (SSSR count). The van der Waals surface area contributed by atoms with Crippen molar-refractivity contribution in [2.24, 2.45) is 5.92 Å². The van der Waals surface area contributed by atoms with E-state index in [4.69, 9.17) is 14.6 Å². The minimum Gasteiger partial charge on any atom is -0.396 e. The number of hydrogen-bond acceptors (Lipinski definition) is 7. The zero-order chi connectivity index (χ0) is 19.1. The quantitative estimate of drug-likeness (QED) is 0.725. The first-order valence-electron chi connectivity index (χ1n) is 10.2. The number of rotatable bonds is 5. The van der Waals surface area contributed by atoms with Crippen LogP contribution in [-0.2, 0) is 16.1 Å². The molecule has 0 aromatic carbocycles. The molecule has 2 aromatic rings. The first-order valence-corrected chi connectivity index (χ1v) is 10.2. The average molecular weight is 385 g/mol. The minimum absolute atomic E-state index is 0.217. The minimum atomic E-state index is -0.304. The van der Waals surface area contributed by atoms with E-state index in [1.807, 2.05) is 17.1 Å². The maximum absolute atomic E-state index is 9.35. The predicted molar refractivity (Wildman–Crippen MR) is 105 cm³/mol. The van der Waals surface area contributed by atoms with Crippen LogP contribution in [0.2, 0.25) is 0 Å². The molecule has 2 aromatic heterocycles. The molecule has 1 saturated heterocycles. The smallest absolute Gasteiger partial charge is 0.159 e. The summed E-state index contributed by atoms with van der Waals surface area (Å²) in [6.07, 6.45) is 9.60. The third-order valence-electron chi connectivity index (χ3n) is 6.12. The Hall–Kier alpha value is -2.16. The number of aromatic nitrogens is 3. The number of hydrogen-bond donors (Lipinski definition) is 3. The average Bonchev–Trinajstić information content (AvgIpc) is 3.32. The van der Waals surface area contributed by atoms with E-state index in [1.165, 1.54) is 0 Å². The number of pyridine rings is 1. The normalized spacial score (nSPS) is 27.6. The van der Waals surface area contributed by atoms with Gasteiger partial charge in [-0.3, -0.25) is 10.3 Å². The Bertz CT molecular complexity index is 897. The number of nitrogens with one attached hydrogen (secondary N) is 2. The first-order chi connectivity index (χ1) is 13.7. The van der Waals surface area contributed by atoms with Crippen LogP contribution in [0.3, 0.4) is 0 Å². The summed E-state index contributed by atoms with van der Waals surface area (Å²) in [6, 6.07) is 0.363. The van der Waals surface area contributed by atoms with Crippen molar-refractivity contribution < 1.29 is 14.7 Å². The van der Waals surface area contributed by atoms with E-state index in [0.29, 0.717) is 12.0 Å². The highest BCUT2D eigenvalue weighted by Gasteiger charge is 2.47. The Balaban J connectivity index is 1.52. The van der Waals surface area contributed by atoms with Crippen LogP contribution in [0.5, 0.6) is 0 Å². The van der Waals surface area contributed by atoms with Gasteiger partial charge in [0.15, 0.2) is 5.65 Å². The molecular weight excluding hydrogens is 358 g/mol. The second-order valence-electron chi connectivity index (χ2n) is 8.06. The van der Waals surface area contributed by atoms with Crippen LogP contribution in [0, 0.1) is 5.92 Å². The molecule has 8 nitrogen and oxygen atoms in total. The lowest BCUT2D eigenvalue weighted by molar-refractivity contribution is -0.119. The summed E-state index contributed by atoms with van der Waals surface area (Å²) in [5.74, 6) is 0.320. The van der Waals surface area contributed by atoms with E-state index in [-0.39, 0.29) is 12.2 Å². The van der Waals surface area contributed by atoms with Gasteiger partial charge in [0.1, 0.15) is 5.60 Å². The number of fused-ring (bicyclic) bond motifs is 1. The lowest BCUT2D eigenvalue weighted by Gasteiger charge is -2.40. The fourth-order valence-corrected chi connectivity index (χ4v) is 4.52. The molecule has 2 fully saturated rings. The summed E-state index contributed by atoms with van der Waals surface area (Å²) < 4.78 is 7.43. The number of hydroxylamine groups is 1. The number of anilines is 1. The Morgan fingerprint density at radius 3 is 2.89 bits per heavy atom. The van der Waals surface area contributed by atoms with E-state index in [1.54, 1.807) is 0 Å². The number of ether oxygens (including phenoxy) is 1. The van der Waals surface area contributed by atoms with Crippen molar-refractivity contribution in [1.82, 2.24) is 20.2 Å². The van der Waals surface area contributed by atoms with Crippen LogP contribution >= 0.6 is 0 Å². The number of aryl methyl sites for hydroxylation is 1. The fourth-order valence-electron chi connectivity index (χ4n) is 4.52. The largest absolute Gasteiger partial charge is 0.396 e. The molecule has 4 heterocycles. The van der Waals surface area contributed by atoms with Crippen molar-refractivity contribution in [1.29, 1.82) is 0 Å². The van der Waals surface area contributed by atoms with Crippen LogP contribution in [-0.4, -0.2) is 51.3 Å². The van der Waals surface area contributed by atoms with Crippen molar-refractivity contribution in [2.45, 2.75) is 50.8 Å². The van der Waals surface area contributed by atoms with Gasteiger partial charge < -0.3 is 15.2 Å². The second kappa shape index (κ2) is 7.02. The maximum atomic E-state index is 9.35. The van der Waals surface area contributed by atoms with Gasteiger partial charge in [-0.05, 0) is 44.6 Å². The molecule has 2 aliphatic heterocycles. The van der Waals surface area contributed by atoms with Crippen molar-refractivity contribution in [3.8, 4) is 0 Å². The number of nitrogens with zero attached hydrogens (tertiary/aromatic N) is 3. The lowest BCUT2D eigenvalue weighted by atomic mass is 9.71. The van der Waals surface area contributed by atoms with E-state index < -0.39 is 0 Å². The molecule has 0 amide bonds. The zero-order valence-corrected chi connectivity index (χ0v) is 16.1. The van der Waals surface area contributed by atoms with Crippen LogP contribution in [0.4, 0.5) is 5.69 Å². The monoisotopic (exact) mass is 385 g/mol. The Kier molecular flexibility index (Phi) is 4.49. The third kappa shape index (κ3) is 2.96. The van der Waals surface area contributed by atoms with E-state index >= 15 is 0 Å². The summed E-state index contributed by atoms with van der Waals surface area (Å²) in [5, 5.41) is 18.6. The van der Waals surface area contributed by atoms with Crippen molar-refractivity contribution >= 4 is 22.4 Å². The maximum Gasteiger partial charge on any atom is 0.159 e. The van der Waals surface area contributed by atoms with Gasteiger partial charge in [-0.1, -0.05) is 0 Å². The summed E-state index contributed by atoms with van der Waals surface area (Å²) in [6.45, 7) is 4.63. The molecule has 1 saturated carbocycles.